The number of hydrogen-bond donors (Lipinski definition) is 1. The predicted octanol–water partition coefficient (Wildman–Crippen LogP) is 2.22. The normalized spacial score (nSPS) is 10.6. The van der Waals surface area contributed by atoms with Gasteiger partial charge in [-0.25, -0.2) is 9.67 Å². The molecule has 0 saturated heterocycles. The van der Waals surface area contributed by atoms with E-state index in [9.17, 15) is 0 Å². The van der Waals surface area contributed by atoms with Gasteiger partial charge >= 0.3 is 0 Å². The molecule has 0 spiro atoms. The smallest absolute Gasteiger partial charge is 0.127 e. The number of benzene rings is 1. The van der Waals surface area contributed by atoms with Gasteiger partial charge in [0.15, 0.2) is 0 Å². The van der Waals surface area contributed by atoms with E-state index in [0.717, 1.165) is 17.2 Å². The highest BCUT2D eigenvalue weighted by Gasteiger charge is 2.01. The van der Waals surface area contributed by atoms with Gasteiger partial charge in [-0.2, -0.15) is 5.10 Å². The zero-order chi connectivity index (χ0) is 13.1. The van der Waals surface area contributed by atoms with Gasteiger partial charge in [0.2, 0.25) is 0 Å². The van der Waals surface area contributed by atoms with Crippen LogP contribution in [0.15, 0.2) is 55.1 Å². The molecule has 0 bridgehead atoms. The van der Waals surface area contributed by atoms with Gasteiger partial charge in [0, 0.05) is 37.5 Å². The van der Waals surface area contributed by atoms with E-state index in [-0.39, 0.29) is 0 Å². The van der Waals surface area contributed by atoms with Crippen LogP contribution in [0.3, 0.4) is 0 Å². The molecule has 5 heteroatoms. The molecule has 19 heavy (non-hydrogen) atoms. The molecule has 3 aromatic rings. The lowest BCUT2D eigenvalue weighted by molar-refractivity contribution is 0.812. The molecule has 0 aliphatic heterocycles. The van der Waals surface area contributed by atoms with Crippen LogP contribution in [0, 0.1) is 0 Å². The summed E-state index contributed by atoms with van der Waals surface area (Å²) in [4.78, 5) is 4.29. The summed E-state index contributed by atoms with van der Waals surface area (Å²) < 4.78 is 3.84. The van der Waals surface area contributed by atoms with E-state index in [4.69, 9.17) is 0 Å². The van der Waals surface area contributed by atoms with Crippen molar-refractivity contribution < 1.29 is 0 Å². The van der Waals surface area contributed by atoms with E-state index >= 15 is 0 Å². The molecule has 3 rings (SSSR count). The predicted molar refractivity (Wildman–Crippen MR) is 74.1 cm³/mol. The van der Waals surface area contributed by atoms with E-state index < -0.39 is 0 Å². The molecule has 0 unspecified atom stereocenters. The van der Waals surface area contributed by atoms with Gasteiger partial charge in [0.25, 0.3) is 0 Å². The van der Waals surface area contributed by atoms with Gasteiger partial charge in [-0.3, -0.25) is 0 Å². The van der Waals surface area contributed by atoms with Crippen LogP contribution in [-0.4, -0.2) is 19.3 Å². The summed E-state index contributed by atoms with van der Waals surface area (Å²) in [5, 5.41) is 7.59. The molecule has 0 aliphatic rings. The first-order chi connectivity index (χ1) is 9.33. The number of hydrogen-bond acceptors (Lipinski definition) is 3. The third kappa shape index (κ3) is 2.49. The highest BCUT2D eigenvalue weighted by Crippen LogP contribution is 2.14. The zero-order valence-corrected chi connectivity index (χ0v) is 10.7. The second-order valence-electron chi connectivity index (χ2n) is 4.31. The average Bonchev–Trinajstić information content (AvgIpc) is 3.08. The van der Waals surface area contributed by atoms with Crippen LogP contribution in [0.25, 0.3) is 5.69 Å². The molecule has 0 saturated carbocycles. The summed E-state index contributed by atoms with van der Waals surface area (Å²) in [5.41, 5.74) is 2.09. The number of rotatable bonds is 4. The largest absolute Gasteiger partial charge is 0.378 e. The molecule has 96 valence electrons. The SMILES string of the molecule is Cn1ccnc1CNc1cccc(-n2cccn2)c1. The summed E-state index contributed by atoms with van der Waals surface area (Å²) in [6.45, 7) is 0.700. The topological polar surface area (TPSA) is 47.7 Å². The minimum absolute atomic E-state index is 0.700. The standard InChI is InChI=1S/C14H15N5/c1-18-9-7-15-14(18)11-16-12-4-2-5-13(10-12)19-8-3-6-17-19/h2-10,16H,11H2,1H3. The quantitative estimate of drug-likeness (QED) is 0.775. The third-order valence-electron chi connectivity index (χ3n) is 2.99. The zero-order valence-electron chi connectivity index (χ0n) is 10.7. The van der Waals surface area contributed by atoms with Crippen molar-refractivity contribution in [2.45, 2.75) is 6.54 Å². The minimum atomic E-state index is 0.700. The van der Waals surface area contributed by atoms with Crippen molar-refractivity contribution in [2.24, 2.45) is 7.05 Å². The van der Waals surface area contributed by atoms with E-state index in [0.29, 0.717) is 6.54 Å². The molecular formula is C14H15N5. The summed E-state index contributed by atoms with van der Waals surface area (Å²) in [6.07, 6.45) is 7.44. The monoisotopic (exact) mass is 253 g/mol. The van der Waals surface area contributed by atoms with Crippen molar-refractivity contribution in [1.82, 2.24) is 19.3 Å². The first-order valence-electron chi connectivity index (χ1n) is 6.13. The number of imidazole rings is 1. The lowest BCUT2D eigenvalue weighted by Crippen LogP contribution is -2.06. The molecule has 0 atom stereocenters. The van der Waals surface area contributed by atoms with Crippen molar-refractivity contribution in [3.63, 3.8) is 0 Å². The second kappa shape index (κ2) is 4.97. The summed E-state index contributed by atoms with van der Waals surface area (Å²) in [6, 6.07) is 10.1. The van der Waals surface area contributed by atoms with E-state index in [1.165, 1.54) is 0 Å². The fourth-order valence-electron chi connectivity index (χ4n) is 1.93. The Kier molecular flexibility index (Phi) is 3.02. The molecular weight excluding hydrogens is 238 g/mol. The van der Waals surface area contributed by atoms with Crippen LogP contribution >= 0.6 is 0 Å². The van der Waals surface area contributed by atoms with Gasteiger partial charge < -0.3 is 9.88 Å². The summed E-state index contributed by atoms with van der Waals surface area (Å²) in [7, 11) is 1.99. The Labute approximate surface area is 111 Å². The van der Waals surface area contributed by atoms with Crippen molar-refractivity contribution in [3.05, 3.63) is 60.9 Å². The van der Waals surface area contributed by atoms with Crippen LogP contribution in [0.5, 0.6) is 0 Å². The van der Waals surface area contributed by atoms with Crippen LogP contribution in [0.1, 0.15) is 5.82 Å². The van der Waals surface area contributed by atoms with Gasteiger partial charge in [-0.1, -0.05) is 6.07 Å². The Morgan fingerprint density at radius 1 is 1.16 bits per heavy atom. The maximum absolute atomic E-state index is 4.29. The first kappa shape index (κ1) is 11.5. The number of nitrogens with zero attached hydrogens (tertiary/aromatic N) is 4. The number of aryl methyl sites for hydroxylation is 1. The number of nitrogens with one attached hydrogen (secondary N) is 1. The van der Waals surface area contributed by atoms with E-state index in [1.54, 1.807) is 12.4 Å². The number of anilines is 1. The van der Waals surface area contributed by atoms with Gasteiger partial charge in [-0.15, -0.1) is 0 Å². The molecule has 0 fully saturated rings. The van der Waals surface area contributed by atoms with Crippen molar-refractivity contribution in [3.8, 4) is 5.69 Å². The second-order valence-corrected chi connectivity index (χ2v) is 4.31. The highest BCUT2D eigenvalue weighted by molar-refractivity contribution is 5.50. The Balaban J connectivity index is 1.75. The Bertz CT molecular complexity index is 654. The molecule has 0 aliphatic carbocycles. The Morgan fingerprint density at radius 2 is 2.11 bits per heavy atom. The van der Waals surface area contributed by atoms with Crippen molar-refractivity contribution in [1.29, 1.82) is 0 Å². The summed E-state index contributed by atoms with van der Waals surface area (Å²) in [5.74, 6) is 1.00. The molecule has 5 nitrogen and oxygen atoms in total. The highest BCUT2D eigenvalue weighted by atomic mass is 15.3. The van der Waals surface area contributed by atoms with E-state index in [1.807, 2.05) is 53.0 Å². The lowest BCUT2D eigenvalue weighted by atomic mass is 10.3. The number of aromatic nitrogens is 4. The molecule has 1 aromatic carbocycles. The third-order valence-corrected chi connectivity index (χ3v) is 2.99. The molecule has 0 amide bonds. The Morgan fingerprint density at radius 3 is 2.84 bits per heavy atom. The van der Waals surface area contributed by atoms with Crippen LogP contribution in [-0.2, 0) is 13.6 Å². The lowest BCUT2D eigenvalue weighted by Gasteiger charge is -2.08. The first-order valence-corrected chi connectivity index (χ1v) is 6.13. The summed E-state index contributed by atoms with van der Waals surface area (Å²) >= 11 is 0. The average molecular weight is 253 g/mol. The van der Waals surface area contributed by atoms with Crippen LogP contribution in [0.2, 0.25) is 0 Å². The molecule has 2 aromatic heterocycles. The van der Waals surface area contributed by atoms with Crippen LogP contribution < -0.4 is 5.32 Å². The maximum atomic E-state index is 4.29. The van der Waals surface area contributed by atoms with Crippen molar-refractivity contribution in [2.75, 3.05) is 5.32 Å². The molecule has 0 radical (unpaired) electrons. The van der Waals surface area contributed by atoms with Gasteiger partial charge in [0.05, 0.1) is 12.2 Å². The van der Waals surface area contributed by atoms with Gasteiger partial charge in [-0.05, 0) is 24.3 Å². The van der Waals surface area contributed by atoms with Gasteiger partial charge in [0.1, 0.15) is 5.82 Å². The van der Waals surface area contributed by atoms with Crippen molar-refractivity contribution >= 4 is 5.69 Å². The fraction of sp³-hybridized carbons (Fsp3) is 0.143. The fourth-order valence-corrected chi connectivity index (χ4v) is 1.93. The van der Waals surface area contributed by atoms with E-state index in [2.05, 4.69) is 21.5 Å². The Hall–Kier alpha value is -2.56. The van der Waals surface area contributed by atoms with Crippen LogP contribution in [0.4, 0.5) is 5.69 Å². The maximum Gasteiger partial charge on any atom is 0.127 e. The molecule has 2 heterocycles. The molecule has 1 N–H and O–H groups in total. The minimum Gasteiger partial charge on any atom is -0.378 e.